The fourth-order valence-corrected chi connectivity index (χ4v) is 1.70. The summed E-state index contributed by atoms with van der Waals surface area (Å²) in [5.74, 6) is 0.268. The molecule has 86 valence electrons. The number of phenols is 1. The molecule has 1 N–H and O–H groups in total. The predicted molar refractivity (Wildman–Crippen MR) is 59.7 cm³/mol. The maximum atomic E-state index is 11.9. The molecule has 1 heterocycles. The second kappa shape index (κ2) is 5.09. The zero-order valence-electron chi connectivity index (χ0n) is 9.06. The molecule has 1 aromatic carbocycles. The molecule has 1 fully saturated rings. The Morgan fingerprint density at radius 2 is 1.88 bits per heavy atom. The molecule has 1 aliphatic rings. The van der Waals surface area contributed by atoms with E-state index in [1.54, 1.807) is 12.1 Å². The lowest BCUT2D eigenvalue weighted by Crippen LogP contribution is -2.39. The first-order valence-corrected chi connectivity index (χ1v) is 5.38. The summed E-state index contributed by atoms with van der Waals surface area (Å²) in [4.78, 5) is 13.9. The van der Waals surface area contributed by atoms with Crippen LogP contribution < -0.4 is 0 Å². The van der Waals surface area contributed by atoms with Gasteiger partial charge in [-0.05, 0) is 24.3 Å². The molecular weight excluding hydrogens is 206 g/mol. The number of benzene rings is 1. The van der Waals surface area contributed by atoms with Crippen LogP contribution in [0.15, 0.2) is 24.3 Å². The van der Waals surface area contributed by atoms with Crippen LogP contribution in [0, 0.1) is 0 Å². The summed E-state index contributed by atoms with van der Waals surface area (Å²) >= 11 is 0. The van der Waals surface area contributed by atoms with Gasteiger partial charge in [-0.2, -0.15) is 0 Å². The summed E-state index contributed by atoms with van der Waals surface area (Å²) in [7, 11) is 0. The van der Waals surface area contributed by atoms with Gasteiger partial charge >= 0.3 is 0 Å². The minimum atomic E-state index is 0.0851. The van der Waals surface area contributed by atoms with Crippen LogP contribution in [0.2, 0.25) is 0 Å². The molecule has 0 atom stereocenters. The average molecular weight is 221 g/mol. The highest BCUT2D eigenvalue weighted by atomic mass is 16.5. The van der Waals surface area contributed by atoms with Gasteiger partial charge in [-0.1, -0.05) is 0 Å². The van der Waals surface area contributed by atoms with Gasteiger partial charge in [0.15, 0.2) is 5.78 Å². The van der Waals surface area contributed by atoms with E-state index in [2.05, 4.69) is 4.90 Å². The molecular formula is C12H15NO3. The van der Waals surface area contributed by atoms with E-state index in [1.807, 2.05) is 0 Å². The number of rotatable bonds is 3. The maximum Gasteiger partial charge on any atom is 0.176 e. The molecule has 0 bridgehead atoms. The lowest BCUT2D eigenvalue weighted by atomic mass is 10.1. The molecule has 0 aliphatic carbocycles. The Kier molecular flexibility index (Phi) is 3.54. The zero-order chi connectivity index (χ0) is 11.4. The molecule has 0 spiro atoms. The number of carbonyl (C=O) groups excluding carboxylic acids is 1. The fourth-order valence-electron chi connectivity index (χ4n) is 1.70. The first kappa shape index (κ1) is 11.1. The van der Waals surface area contributed by atoms with E-state index in [9.17, 15) is 4.79 Å². The van der Waals surface area contributed by atoms with Crippen LogP contribution in [0.5, 0.6) is 5.75 Å². The van der Waals surface area contributed by atoms with Crippen molar-refractivity contribution in [2.24, 2.45) is 0 Å². The van der Waals surface area contributed by atoms with Crippen LogP contribution in [0.1, 0.15) is 10.4 Å². The fraction of sp³-hybridized carbons (Fsp3) is 0.417. The van der Waals surface area contributed by atoms with Crippen molar-refractivity contribution in [3.8, 4) is 5.75 Å². The quantitative estimate of drug-likeness (QED) is 0.771. The SMILES string of the molecule is O=C(CN1CCOCC1)c1ccc(O)cc1. The lowest BCUT2D eigenvalue weighted by Gasteiger charge is -2.25. The third-order valence-corrected chi connectivity index (χ3v) is 2.66. The van der Waals surface area contributed by atoms with Crippen molar-refractivity contribution in [1.29, 1.82) is 0 Å². The molecule has 16 heavy (non-hydrogen) atoms. The summed E-state index contributed by atoms with van der Waals surface area (Å²) in [5, 5.41) is 9.12. The van der Waals surface area contributed by atoms with Gasteiger partial charge in [-0.25, -0.2) is 0 Å². The third-order valence-electron chi connectivity index (χ3n) is 2.66. The number of hydrogen-bond acceptors (Lipinski definition) is 4. The van der Waals surface area contributed by atoms with E-state index < -0.39 is 0 Å². The Morgan fingerprint density at radius 1 is 1.25 bits per heavy atom. The number of ketones is 1. The number of Topliss-reactive ketones (excluding diaryl/α,β-unsaturated/α-hetero) is 1. The van der Waals surface area contributed by atoms with Crippen LogP contribution in [0.4, 0.5) is 0 Å². The monoisotopic (exact) mass is 221 g/mol. The Morgan fingerprint density at radius 3 is 2.50 bits per heavy atom. The van der Waals surface area contributed by atoms with Gasteiger partial charge in [-0.15, -0.1) is 0 Å². The largest absolute Gasteiger partial charge is 0.508 e. The highest BCUT2D eigenvalue weighted by Gasteiger charge is 2.15. The van der Waals surface area contributed by atoms with Crippen LogP contribution in [0.25, 0.3) is 0 Å². The van der Waals surface area contributed by atoms with Gasteiger partial charge in [0.2, 0.25) is 0 Å². The topological polar surface area (TPSA) is 49.8 Å². The van der Waals surface area contributed by atoms with E-state index >= 15 is 0 Å². The lowest BCUT2D eigenvalue weighted by molar-refractivity contribution is 0.0371. The molecule has 0 amide bonds. The number of morpholine rings is 1. The second-order valence-corrected chi connectivity index (χ2v) is 3.86. The summed E-state index contributed by atoms with van der Waals surface area (Å²) < 4.78 is 5.22. The smallest absolute Gasteiger partial charge is 0.176 e. The summed E-state index contributed by atoms with van der Waals surface area (Å²) in [5.41, 5.74) is 0.643. The Hall–Kier alpha value is -1.39. The van der Waals surface area contributed by atoms with E-state index in [4.69, 9.17) is 9.84 Å². The first-order valence-electron chi connectivity index (χ1n) is 5.38. The van der Waals surface area contributed by atoms with Crippen molar-refractivity contribution in [3.05, 3.63) is 29.8 Å². The number of aromatic hydroxyl groups is 1. The van der Waals surface area contributed by atoms with Crippen molar-refractivity contribution >= 4 is 5.78 Å². The molecule has 4 heteroatoms. The number of carbonyl (C=O) groups is 1. The van der Waals surface area contributed by atoms with Crippen molar-refractivity contribution in [3.63, 3.8) is 0 Å². The van der Waals surface area contributed by atoms with E-state index in [0.29, 0.717) is 25.3 Å². The Balaban J connectivity index is 1.94. The minimum Gasteiger partial charge on any atom is -0.508 e. The van der Waals surface area contributed by atoms with Crippen LogP contribution >= 0.6 is 0 Å². The third kappa shape index (κ3) is 2.81. The van der Waals surface area contributed by atoms with Crippen molar-refractivity contribution in [1.82, 2.24) is 4.90 Å². The maximum absolute atomic E-state index is 11.9. The van der Waals surface area contributed by atoms with Crippen LogP contribution in [-0.2, 0) is 4.74 Å². The van der Waals surface area contributed by atoms with Gasteiger partial charge in [-0.3, -0.25) is 9.69 Å². The number of phenolic OH excluding ortho intramolecular Hbond substituents is 1. The number of nitrogens with zero attached hydrogens (tertiary/aromatic N) is 1. The van der Waals surface area contributed by atoms with Gasteiger partial charge in [0.25, 0.3) is 0 Å². The summed E-state index contributed by atoms with van der Waals surface area (Å²) in [6.07, 6.45) is 0. The molecule has 0 aromatic heterocycles. The molecule has 0 saturated carbocycles. The van der Waals surface area contributed by atoms with Crippen molar-refractivity contribution in [2.75, 3.05) is 32.8 Å². The van der Waals surface area contributed by atoms with Gasteiger partial charge in [0.05, 0.1) is 19.8 Å². The number of hydrogen-bond donors (Lipinski definition) is 1. The highest BCUT2D eigenvalue weighted by Crippen LogP contribution is 2.11. The van der Waals surface area contributed by atoms with E-state index in [1.165, 1.54) is 12.1 Å². The van der Waals surface area contributed by atoms with Crippen molar-refractivity contribution < 1.29 is 14.6 Å². The Labute approximate surface area is 94.4 Å². The van der Waals surface area contributed by atoms with Crippen LogP contribution in [0.3, 0.4) is 0 Å². The molecule has 0 radical (unpaired) electrons. The number of ether oxygens (including phenoxy) is 1. The Bertz CT molecular complexity index is 355. The molecule has 1 saturated heterocycles. The molecule has 1 aliphatic heterocycles. The van der Waals surface area contributed by atoms with E-state index in [0.717, 1.165) is 13.1 Å². The highest BCUT2D eigenvalue weighted by molar-refractivity contribution is 5.97. The van der Waals surface area contributed by atoms with Crippen LogP contribution in [-0.4, -0.2) is 48.6 Å². The van der Waals surface area contributed by atoms with Gasteiger partial charge in [0, 0.05) is 18.7 Å². The second-order valence-electron chi connectivity index (χ2n) is 3.86. The standard InChI is InChI=1S/C12H15NO3/c14-11-3-1-10(2-4-11)12(15)9-13-5-7-16-8-6-13/h1-4,14H,5-9H2. The van der Waals surface area contributed by atoms with Gasteiger partial charge < -0.3 is 9.84 Å². The average Bonchev–Trinajstić information content (AvgIpc) is 2.31. The molecule has 2 rings (SSSR count). The van der Waals surface area contributed by atoms with Gasteiger partial charge in [0.1, 0.15) is 5.75 Å². The minimum absolute atomic E-state index is 0.0851. The van der Waals surface area contributed by atoms with E-state index in [-0.39, 0.29) is 11.5 Å². The summed E-state index contributed by atoms with van der Waals surface area (Å²) in [6, 6.07) is 6.37. The normalized spacial score (nSPS) is 17.2. The first-order chi connectivity index (χ1) is 7.75. The molecule has 1 aromatic rings. The molecule has 4 nitrogen and oxygen atoms in total. The predicted octanol–water partition coefficient (Wildman–Crippen LogP) is 0.907. The zero-order valence-corrected chi connectivity index (χ0v) is 9.06. The molecule has 0 unspecified atom stereocenters. The van der Waals surface area contributed by atoms with Crippen molar-refractivity contribution in [2.45, 2.75) is 0 Å². The summed E-state index contributed by atoms with van der Waals surface area (Å²) in [6.45, 7) is 3.44.